The summed E-state index contributed by atoms with van der Waals surface area (Å²) in [5.41, 5.74) is 10.5. The maximum Gasteiger partial charge on any atom is 0.338 e. The predicted octanol–water partition coefficient (Wildman–Crippen LogP) is 2.79. The van der Waals surface area contributed by atoms with Crippen molar-refractivity contribution in [2.24, 2.45) is 5.11 Å². The van der Waals surface area contributed by atoms with Crippen molar-refractivity contribution in [2.75, 3.05) is 19.1 Å². The molecule has 0 aromatic heterocycles. The molecule has 0 heterocycles. The van der Waals surface area contributed by atoms with E-state index >= 15 is 0 Å². The first-order valence-corrected chi connectivity index (χ1v) is 7.52. The molecule has 0 aliphatic carbocycles. The third-order valence-electron chi connectivity index (χ3n) is 3.61. The first-order valence-electron chi connectivity index (χ1n) is 7.52. The molecule has 1 atom stereocenters. The zero-order valence-electron chi connectivity index (χ0n) is 14.0. The topological polar surface area (TPSA) is 90.5 Å². The lowest BCUT2D eigenvalue weighted by Gasteiger charge is -2.26. The maximum absolute atomic E-state index is 12.8. The van der Waals surface area contributed by atoms with E-state index in [0.717, 1.165) is 12.7 Å². The van der Waals surface area contributed by atoms with E-state index in [-0.39, 0.29) is 6.54 Å². The van der Waals surface area contributed by atoms with E-state index in [4.69, 9.17) is 10.3 Å². The van der Waals surface area contributed by atoms with Crippen molar-refractivity contribution >= 4 is 17.6 Å². The van der Waals surface area contributed by atoms with Crippen molar-refractivity contribution in [3.8, 4) is 5.75 Å². The number of rotatable bonds is 7. The van der Waals surface area contributed by atoms with Crippen molar-refractivity contribution < 1.29 is 19.1 Å². The van der Waals surface area contributed by atoms with Gasteiger partial charge in [0.05, 0.1) is 20.8 Å². The molecule has 1 amide bonds. The van der Waals surface area contributed by atoms with Crippen LogP contribution in [0.25, 0.3) is 5.53 Å². The normalized spacial score (nSPS) is 11.3. The fourth-order valence-corrected chi connectivity index (χ4v) is 2.28. The highest BCUT2D eigenvalue weighted by molar-refractivity contribution is 6.09. The Morgan fingerprint density at radius 1 is 1.08 bits per heavy atom. The summed E-state index contributed by atoms with van der Waals surface area (Å²) >= 11 is 0. The second-order valence-corrected chi connectivity index (χ2v) is 5.15. The summed E-state index contributed by atoms with van der Waals surface area (Å²) in [4.78, 5) is 25.9. The number of hydrogen-bond acceptors (Lipinski definition) is 5. The molecule has 0 aliphatic rings. The van der Waals surface area contributed by atoms with Gasteiger partial charge in [0.15, 0.2) is 0 Å². The lowest BCUT2D eigenvalue weighted by atomic mass is 10.1. The molecule has 0 bridgehead atoms. The molecule has 2 aromatic carbocycles. The molecular formula is C18H18N3O4-. The van der Waals surface area contributed by atoms with Crippen molar-refractivity contribution in [2.45, 2.75) is 12.6 Å². The minimum Gasteiger partial charge on any atom is -0.711 e. The Morgan fingerprint density at radius 3 is 2.24 bits per heavy atom. The van der Waals surface area contributed by atoms with E-state index in [9.17, 15) is 9.59 Å². The summed E-state index contributed by atoms with van der Waals surface area (Å²) in [5, 5.41) is 2.89. The number of carbonyl (C=O) groups is 2. The summed E-state index contributed by atoms with van der Waals surface area (Å²) in [5.74, 6) is -0.991. The average Bonchev–Trinajstić information content (AvgIpc) is 2.67. The molecule has 0 fully saturated rings. The van der Waals surface area contributed by atoms with Gasteiger partial charge in [0, 0.05) is 5.69 Å². The van der Waals surface area contributed by atoms with E-state index in [2.05, 4.69) is 9.85 Å². The molecule has 0 N–H and O–H groups in total. The average molecular weight is 340 g/mol. The molecule has 7 nitrogen and oxygen atoms in total. The van der Waals surface area contributed by atoms with Gasteiger partial charge in [-0.1, -0.05) is 30.3 Å². The Kier molecular flexibility index (Phi) is 6.22. The molecule has 2 aromatic rings. The van der Waals surface area contributed by atoms with E-state index in [1.54, 1.807) is 31.4 Å². The number of benzene rings is 2. The fourth-order valence-electron chi connectivity index (χ4n) is 2.28. The van der Waals surface area contributed by atoms with Crippen LogP contribution in [-0.2, 0) is 20.9 Å². The quantitative estimate of drug-likeness (QED) is 0.440. The smallest absolute Gasteiger partial charge is 0.338 e. The van der Waals surface area contributed by atoms with Crippen LogP contribution in [-0.4, -0.2) is 32.1 Å². The number of ether oxygens (including phenoxy) is 2. The number of amides is 1. The first kappa shape index (κ1) is 18.1. The van der Waals surface area contributed by atoms with Crippen molar-refractivity contribution in [1.29, 1.82) is 0 Å². The van der Waals surface area contributed by atoms with Gasteiger partial charge in [0.1, 0.15) is 5.75 Å². The second kappa shape index (κ2) is 8.58. The number of esters is 1. The Hall–Kier alpha value is -3.22. The molecule has 0 spiro atoms. The molecule has 0 radical (unpaired) electrons. The third-order valence-corrected chi connectivity index (χ3v) is 3.61. The van der Waals surface area contributed by atoms with Gasteiger partial charge in [0.2, 0.25) is 6.04 Å². The highest BCUT2D eigenvalue weighted by Crippen LogP contribution is 2.23. The Labute approximate surface area is 145 Å². The monoisotopic (exact) mass is 340 g/mol. The molecular weight excluding hydrogens is 322 g/mol. The number of anilines is 1. The Bertz CT molecular complexity index is 732. The lowest BCUT2D eigenvalue weighted by Crippen LogP contribution is -2.42. The van der Waals surface area contributed by atoms with Crippen LogP contribution in [0, 0.1) is 0 Å². The van der Waals surface area contributed by atoms with E-state index < -0.39 is 17.9 Å². The van der Waals surface area contributed by atoms with Crippen LogP contribution in [0.4, 0.5) is 5.69 Å². The van der Waals surface area contributed by atoms with Gasteiger partial charge in [-0.2, -0.15) is 0 Å². The summed E-state index contributed by atoms with van der Waals surface area (Å²) in [6, 6.07) is 14.4. The second-order valence-electron chi connectivity index (χ2n) is 5.15. The largest absolute Gasteiger partial charge is 0.711 e. The molecule has 1 unspecified atom stereocenters. The van der Waals surface area contributed by atoms with Crippen LogP contribution in [0.3, 0.4) is 0 Å². The summed E-state index contributed by atoms with van der Waals surface area (Å²) in [7, 11) is 2.67. The van der Waals surface area contributed by atoms with Gasteiger partial charge in [-0.15, -0.1) is 0 Å². The highest BCUT2D eigenvalue weighted by Gasteiger charge is 2.30. The van der Waals surface area contributed by atoms with E-state index in [0.29, 0.717) is 11.4 Å². The number of nitrogens with zero attached hydrogens (tertiary/aromatic N) is 3. The molecule has 7 heteroatoms. The van der Waals surface area contributed by atoms with Crippen LogP contribution in [0.5, 0.6) is 5.75 Å². The summed E-state index contributed by atoms with van der Waals surface area (Å²) in [6.07, 6.45) is 0. The van der Waals surface area contributed by atoms with Gasteiger partial charge in [0.25, 0.3) is 5.91 Å². The zero-order chi connectivity index (χ0) is 18.2. The van der Waals surface area contributed by atoms with Gasteiger partial charge in [-0.05, 0) is 29.8 Å². The SMILES string of the molecule is COC(=O)C(N=[N-])C(=O)N(Cc1ccccc1)c1ccc(OC)cc1. The molecule has 0 saturated heterocycles. The number of methoxy groups -OCH3 is 2. The molecule has 0 saturated carbocycles. The van der Waals surface area contributed by atoms with Crippen molar-refractivity contribution in [1.82, 2.24) is 0 Å². The number of carbonyl (C=O) groups excluding carboxylic acids is 2. The van der Waals surface area contributed by atoms with E-state index in [1.807, 2.05) is 30.3 Å². The summed E-state index contributed by atoms with van der Waals surface area (Å²) < 4.78 is 9.65. The predicted molar refractivity (Wildman–Crippen MR) is 92.2 cm³/mol. The lowest BCUT2D eigenvalue weighted by molar-refractivity contribution is -0.145. The van der Waals surface area contributed by atoms with Gasteiger partial charge >= 0.3 is 5.97 Å². The highest BCUT2D eigenvalue weighted by atomic mass is 16.5. The maximum atomic E-state index is 12.8. The van der Waals surface area contributed by atoms with Crippen LogP contribution in [0.1, 0.15) is 5.56 Å². The van der Waals surface area contributed by atoms with Gasteiger partial charge in [-0.25, -0.2) is 4.79 Å². The van der Waals surface area contributed by atoms with Gasteiger partial charge in [-0.3, -0.25) is 4.79 Å². The van der Waals surface area contributed by atoms with Crippen LogP contribution in [0.2, 0.25) is 0 Å². The molecule has 2 rings (SSSR count). The van der Waals surface area contributed by atoms with Crippen LogP contribution < -0.4 is 9.64 Å². The van der Waals surface area contributed by atoms with Gasteiger partial charge < -0.3 is 25.0 Å². The molecule has 0 aliphatic heterocycles. The van der Waals surface area contributed by atoms with E-state index in [1.165, 1.54) is 4.90 Å². The third kappa shape index (κ3) is 4.41. The fraction of sp³-hybridized carbons (Fsp3) is 0.222. The molecule has 25 heavy (non-hydrogen) atoms. The van der Waals surface area contributed by atoms with Crippen LogP contribution >= 0.6 is 0 Å². The van der Waals surface area contributed by atoms with Crippen molar-refractivity contribution in [3.63, 3.8) is 0 Å². The molecule has 130 valence electrons. The van der Waals surface area contributed by atoms with Crippen molar-refractivity contribution in [3.05, 3.63) is 65.7 Å². The zero-order valence-corrected chi connectivity index (χ0v) is 14.0. The van der Waals surface area contributed by atoms with Crippen LogP contribution in [0.15, 0.2) is 59.7 Å². The minimum absolute atomic E-state index is 0.203. The Balaban J connectivity index is 2.38. The minimum atomic E-state index is -1.64. The first-order chi connectivity index (χ1) is 12.1. The summed E-state index contributed by atoms with van der Waals surface area (Å²) in [6.45, 7) is 0.203. The standard InChI is InChI=1S/C18H18N3O4/c1-24-15-10-8-14(9-11-15)21(12-13-6-4-3-5-7-13)17(22)16(20-19)18(23)25-2/h3-11,16H,12H2,1-2H3/q-1. The number of hydrogen-bond donors (Lipinski definition) is 0. The Morgan fingerprint density at radius 2 is 1.72 bits per heavy atom.